The van der Waals surface area contributed by atoms with Gasteiger partial charge in [0, 0.05) is 37.9 Å². The van der Waals surface area contributed by atoms with E-state index in [4.69, 9.17) is 9.73 Å². The molecule has 5 nitrogen and oxygen atoms in total. The van der Waals surface area contributed by atoms with Gasteiger partial charge in [-0.05, 0) is 50.8 Å². The summed E-state index contributed by atoms with van der Waals surface area (Å²) in [4.78, 5) is 7.00. The third-order valence-corrected chi connectivity index (χ3v) is 5.04. The number of ether oxygens (including phenoxy) is 1. The molecule has 1 unspecified atom stereocenters. The van der Waals surface area contributed by atoms with Gasteiger partial charge >= 0.3 is 0 Å². The number of piperidine rings is 1. The Morgan fingerprint density at radius 2 is 2.33 bits per heavy atom. The lowest BCUT2D eigenvalue weighted by molar-refractivity contribution is 0.153. The van der Waals surface area contributed by atoms with Crippen molar-refractivity contribution in [3.8, 4) is 0 Å². The van der Waals surface area contributed by atoms with E-state index in [1.54, 1.807) is 12.1 Å². The molecule has 0 spiro atoms. The summed E-state index contributed by atoms with van der Waals surface area (Å²) in [6.07, 6.45) is 6.36. The molecule has 1 fully saturated rings. The van der Waals surface area contributed by atoms with E-state index in [2.05, 4.69) is 28.5 Å². The first-order valence-electron chi connectivity index (χ1n) is 10.1. The summed E-state index contributed by atoms with van der Waals surface area (Å²) in [5.41, 5.74) is 2.39. The Morgan fingerprint density at radius 3 is 3.11 bits per heavy atom. The molecule has 0 saturated carbocycles. The summed E-state index contributed by atoms with van der Waals surface area (Å²) in [5.74, 6) is 0.691. The van der Waals surface area contributed by atoms with E-state index in [1.807, 2.05) is 6.07 Å². The van der Waals surface area contributed by atoms with Crippen LogP contribution in [0.25, 0.3) is 0 Å². The molecule has 0 amide bonds. The molecule has 0 radical (unpaired) electrons. The summed E-state index contributed by atoms with van der Waals surface area (Å²) in [5, 5.41) is 6.92. The predicted molar refractivity (Wildman–Crippen MR) is 109 cm³/mol. The second-order valence-corrected chi connectivity index (χ2v) is 7.11. The molecule has 1 aromatic rings. The van der Waals surface area contributed by atoms with E-state index < -0.39 is 0 Å². The van der Waals surface area contributed by atoms with Crippen molar-refractivity contribution >= 4 is 11.6 Å². The van der Waals surface area contributed by atoms with Crippen LogP contribution in [0, 0.1) is 5.82 Å². The van der Waals surface area contributed by atoms with E-state index in [-0.39, 0.29) is 5.82 Å². The molecule has 1 atom stereocenters. The monoisotopic (exact) mass is 374 g/mol. The molecule has 0 aliphatic carbocycles. The Hall–Kier alpha value is -2.08. The molecule has 6 heteroatoms. The van der Waals surface area contributed by atoms with Gasteiger partial charge in [-0.1, -0.05) is 17.7 Å². The third kappa shape index (κ3) is 6.24. The van der Waals surface area contributed by atoms with Gasteiger partial charge in [-0.3, -0.25) is 4.99 Å². The molecule has 0 aromatic heterocycles. The van der Waals surface area contributed by atoms with Crippen LogP contribution in [0.15, 0.2) is 40.9 Å². The standard InChI is InChI=1S/C21H31FN4O/c1-2-23-21(24-11-8-17-9-13-27-14-10-17)25-19-6-4-12-26(16-19)20-7-3-5-18(22)15-20/h3,5,7,9,15,19H,2,4,6,8,10-14,16H2,1H3,(H2,23,24,25). The van der Waals surface area contributed by atoms with Crippen LogP contribution in [0.5, 0.6) is 0 Å². The van der Waals surface area contributed by atoms with Crippen molar-refractivity contribution in [3.63, 3.8) is 0 Å². The second kappa shape index (κ2) is 10.3. The lowest BCUT2D eigenvalue weighted by Gasteiger charge is -2.35. The van der Waals surface area contributed by atoms with Gasteiger partial charge in [0.15, 0.2) is 5.96 Å². The molecule has 2 aliphatic heterocycles. The van der Waals surface area contributed by atoms with Gasteiger partial charge in [0.1, 0.15) is 5.82 Å². The fourth-order valence-corrected chi connectivity index (χ4v) is 3.62. The highest BCUT2D eigenvalue weighted by molar-refractivity contribution is 5.80. The maximum Gasteiger partial charge on any atom is 0.191 e. The maximum absolute atomic E-state index is 13.5. The summed E-state index contributed by atoms with van der Waals surface area (Å²) in [6.45, 7) is 7.07. The Morgan fingerprint density at radius 1 is 1.41 bits per heavy atom. The molecule has 1 aromatic carbocycles. The predicted octanol–water partition coefficient (Wildman–Crippen LogP) is 3.09. The molecule has 2 N–H and O–H groups in total. The molecular weight excluding hydrogens is 343 g/mol. The average Bonchev–Trinajstić information content (AvgIpc) is 2.69. The van der Waals surface area contributed by atoms with Gasteiger partial charge in [-0.25, -0.2) is 4.39 Å². The minimum absolute atomic E-state index is 0.181. The average molecular weight is 375 g/mol. The number of nitrogens with one attached hydrogen (secondary N) is 2. The van der Waals surface area contributed by atoms with Gasteiger partial charge in [-0.2, -0.15) is 0 Å². The van der Waals surface area contributed by atoms with Crippen molar-refractivity contribution in [2.75, 3.05) is 44.3 Å². The number of nitrogens with zero attached hydrogens (tertiary/aromatic N) is 2. The van der Waals surface area contributed by atoms with E-state index in [1.165, 1.54) is 11.6 Å². The van der Waals surface area contributed by atoms with E-state index in [0.29, 0.717) is 6.04 Å². The largest absolute Gasteiger partial charge is 0.377 e. The minimum atomic E-state index is -0.181. The number of hydrogen-bond donors (Lipinski definition) is 2. The number of anilines is 1. The Kier molecular flexibility index (Phi) is 7.51. The summed E-state index contributed by atoms with van der Waals surface area (Å²) >= 11 is 0. The van der Waals surface area contributed by atoms with Crippen LogP contribution < -0.4 is 15.5 Å². The first-order chi connectivity index (χ1) is 13.2. The minimum Gasteiger partial charge on any atom is -0.377 e. The summed E-state index contributed by atoms with van der Waals surface area (Å²) in [7, 11) is 0. The zero-order valence-corrected chi connectivity index (χ0v) is 16.2. The van der Waals surface area contributed by atoms with Crippen LogP contribution in [0.1, 0.15) is 32.6 Å². The topological polar surface area (TPSA) is 48.9 Å². The second-order valence-electron chi connectivity index (χ2n) is 7.11. The number of hydrogen-bond acceptors (Lipinski definition) is 3. The summed E-state index contributed by atoms with van der Waals surface area (Å²) < 4.78 is 18.9. The first kappa shape index (κ1) is 19.7. The lowest BCUT2D eigenvalue weighted by Crippen LogP contribution is -2.51. The molecule has 3 rings (SSSR count). The van der Waals surface area contributed by atoms with Gasteiger partial charge in [-0.15, -0.1) is 0 Å². The van der Waals surface area contributed by atoms with Crippen LogP contribution in [-0.4, -0.2) is 51.4 Å². The van der Waals surface area contributed by atoms with Crippen molar-refractivity contribution in [3.05, 3.63) is 41.7 Å². The van der Waals surface area contributed by atoms with E-state index >= 15 is 0 Å². The molecule has 148 valence electrons. The van der Waals surface area contributed by atoms with Crippen molar-refractivity contribution < 1.29 is 9.13 Å². The van der Waals surface area contributed by atoms with Crippen LogP contribution >= 0.6 is 0 Å². The fourth-order valence-electron chi connectivity index (χ4n) is 3.62. The molecule has 27 heavy (non-hydrogen) atoms. The van der Waals surface area contributed by atoms with Crippen molar-refractivity contribution in [1.29, 1.82) is 0 Å². The van der Waals surface area contributed by atoms with Gasteiger partial charge in [0.25, 0.3) is 0 Å². The normalized spacial score (nSPS) is 21.0. The number of guanidine groups is 1. The number of aliphatic imine (C=N–C) groups is 1. The van der Waals surface area contributed by atoms with Crippen molar-refractivity contribution in [2.24, 2.45) is 4.99 Å². The highest BCUT2D eigenvalue weighted by Crippen LogP contribution is 2.20. The highest BCUT2D eigenvalue weighted by Gasteiger charge is 2.21. The fraction of sp³-hybridized carbons (Fsp3) is 0.571. The molecule has 2 aliphatic rings. The van der Waals surface area contributed by atoms with Crippen LogP contribution in [0.2, 0.25) is 0 Å². The summed E-state index contributed by atoms with van der Waals surface area (Å²) in [6, 6.07) is 7.17. The van der Waals surface area contributed by atoms with E-state index in [0.717, 1.165) is 76.7 Å². The molecule has 1 saturated heterocycles. The smallest absolute Gasteiger partial charge is 0.191 e. The Bertz CT molecular complexity index is 661. The molecular formula is C21H31FN4O. The Labute approximate surface area is 161 Å². The van der Waals surface area contributed by atoms with E-state index in [9.17, 15) is 4.39 Å². The first-order valence-corrected chi connectivity index (χ1v) is 10.1. The number of halogens is 1. The quantitative estimate of drug-likeness (QED) is 0.456. The zero-order valence-electron chi connectivity index (χ0n) is 16.2. The van der Waals surface area contributed by atoms with Crippen LogP contribution in [0.4, 0.5) is 10.1 Å². The van der Waals surface area contributed by atoms with Gasteiger partial charge in [0.2, 0.25) is 0 Å². The third-order valence-electron chi connectivity index (χ3n) is 5.04. The van der Waals surface area contributed by atoms with Crippen LogP contribution in [0.3, 0.4) is 0 Å². The molecule has 2 heterocycles. The Balaban J connectivity index is 1.54. The van der Waals surface area contributed by atoms with Crippen molar-refractivity contribution in [2.45, 2.75) is 38.6 Å². The van der Waals surface area contributed by atoms with Gasteiger partial charge in [0.05, 0.1) is 13.2 Å². The number of benzene rings is 1. The highest BCUT2D eigenvalue weighted by atomic mass is 19.1. The number of rotatable bonds is 6. The lowest BCUT2D eigenvalue weighted by atomic mass is 10.0. The van der Waals surface area contributed by atoms with Gasteiger partial charge < -0.3 is 20.3 Å². The molecule has 0 bridgehead atoms. The van der Waals surface area contributed by atoms with Crippen molar-refractivity contribution in [1.82, 2.24) is 10.6 Å². The zero-order chi connectivity index (χ0) is 18.9. The SMILES string of the molecule is CCNC(=NCCC1=CCOCC1)NC1CCCN(c2cccc(F)c2)C1. The maximum atomic E-state index is 13.5. The van der Waals surface area contributed by atoms with Crippen LogP contribution in [-0.2, 0) is 4.74 Å².